The van der Waals surface area contributed by atoms with Crippen LogP contribution in [0.2, 0.25) is 0 Å². The van der Waals surface area contributed by atoms with Crippen molar-refractivity contribution in [3.63, 3.8) is 0 Å². The lowest BCUT2D eigenvalue weighted by atomic mass is 9.84. The van der Waals surface area contributed by atoms with Crippen molar-refractivity contribution in [1.29, 1.82) is 0 Å². The Bertz CT molecular complexity index is 701. The zero-order chi connectivity index (χ0) is 18.9. The second kappa shape index (κ2) is 7.42. The van der Waals surface area contributed by atoms with Crippen LogP contribution >= 0.6 is 0 Å². The van der Waals surface area contributed by atoms with Crippen molar-refractivity contribution in [3.05, 3.63) is 22.5 Å². The van der Waals surface area contributed by atoms with E-state index < -0.39 is 12.0 Å². The van der Waals surface area contributed by atoms with Gasteiger partial charge in [0.05, 0.1) is 12.6 Å². The number of nitrogens with zero attached hydrogens (tertiary/aromatic N) is 2. The third kappa shape index (κ3) is 3.34. The summed E-state index contributed by atoms with van der Waals surface area (Å²) in [5, 5.41) is 0. The van der Waals surface area contributed by atoms with Gasteiger partial charge in [-0.2, -0.15) is 0 Å². The number of esters is 1. The van der Waals surface area contributed by atoms with E-state index in [-0.39, 0.29) is 24.2 Å². The third-order valence-electron chi connectivity index (χ3n) is 5.41. The number of aromatic nitrogens is 1. The molecule has 1 saturated carbocycles. The molecule has 0 bridgehead atoms. The topological polar surface area (TPSA) is 68.6 Å². The molecule has 1 aromatic heterocycles. The summed E-state index contributed by atoms with van der Waals surface area (Å²) in [5.41, 5.74) is 2.22. The van der Waals surface area contributed by atoms with Crippen LogP contribution in [-0.4, -0.2) is 46.8 Å². The fourth-order valence-electron chi connectivity index (χ4n) is 3.35. The first kappa shape index (κ1) is 19.2. The molecule has 1 unspecified atom stereocenters. The van der Waals surface area contributed by atoms with E-state index in [0.29, 0.717) is 22.5 Å². The van der Waals surface area contributed by atoms with Gasteiger partial charge in [0.25, 0.3) is 0 Å². The first-order valence-electron chi connectivity index (χ1n) is 8.86. The minimum absolute atomic E-state index is 0.0314. The molecular weight excluding hydrogens is 320 g/mol. The van der Waals surface area contributed by atoms with Gasteiger partial charge in [0.1, 0.15) is 5.69 Å². The lowest BCUT2D eigenvalue weighted by molar-refractivity contribution is -0.137. The van der Waals surface area contributed by atoms with E-state index in [4.69, 9.17) is 4.74 Å². The standard InChI is InChI=1S/C19H28N2O4/c1-7-25-19(24)16-11(2)15(12(3)20(16)5)17(22)13(4)21(6)18(23)14-9-8-10-14/h13-14H,7-10H2,1-6H3. The Labute approximate surface area is 149 Å². The second-order valence-corrected chi connectivity index (χ2v) is 6.83. The maximum absolute atomic E-state index is 13.0. The molecule has 1 atom stereocenters. The van der Waals surface area contributed by atoms with E-state index in [1.165, 1.54) is 0 Å². The van der Waals surface area contributed by atoms with Gasteiger partial charge in [-0.1, -0.05) is 6.42 Å². The van der Waals surface area contributed by atoms with Gasteiger partial charge in [-0.15, -0.1) is 0 Å². The summed E-state index contributed by atoms with van der Waals surface area (Å²) in [5.74, 6) is -0.496. The van der Waals surface area contributed by atoms with Crippen LogP contribution in [0.4, 0.5) is 0 Å². The summed E-state index contributed by atoms with van der Waals surface area (Å²) < 4.78 is 6.80. The predicted molar refractivity (Wildman–Crippen MR) is 94.7 cm³/mol. The van der Waals surface area contributed by atoms with Crippen LogP contribution < -0.4 is 0 Å². The number of carbonyl (C=O) groups excluding carboxylic acids is 3. The van der Waals surface area contributed by atoms with Crippen molar-refractivity contribution in [2.75, 3.05) is 13.7 Å². The highest BCUT2D eigenvalue weighted by Gasteiger charge is 2.34. The number of ketones is 1. The molecule has 1 heterocycles. The van der Waals surface area contributed by atoms with Crippen molar-refractivity contribution in [3.8, 4) is 0 Å². The summed E-state index contributed by atoms with van der Waals surface area (Å²) in [6, 6.07) is -0.567. The van der Waals surface area contributed by atoms with Gasteiger partial charge in [-0.3, -0.25) is 9.59 Å². The number of hydrogen-bond acceptors (Lipinski definition) is 4. The van der Waals surface area contributed by atoms with Crippen molar-refractivity contribution in [2.45, 2.75) is 53.0 Å². The maximum Gasteiger partial charge on any atom is 0.355 e. The molecule has 2 rings (SSSR count). The van der Waals surface area contributed by atoms with Gasteiger partial charge >= 0.3 is 5.97 Å². The summed E-state index contributed by atoms with van der Waals surface area (Å²) in [6.07, 6.45) is 2.88. The molecular formula is C19H28N2O4. The molecule has 1 amide bonds. The molecule has 1 fully saturated rings. The van der Waals surface area contributed by atoms with Gasteiger partial charge in [-0.25, -0.2) is 4.79 Å². The first-order valence-corrected chi connectivity index (χ1v) is 8.86. The lowest BCUT2D eigenvalue weighted by Gasteiger charge is -2.32. The zero-order valence-corrected chi connectivity index (χ0v) is 16.0. The van der Waals surface area contributed by atoms with Crippen LogP contribution in [0.5, 0.6) is 0 Å². The van der Waals surface area contributed by atoms with Gasteiger partial charge in [-0.05, 0) is 46.1 Å². The summed E-state index contributed by atoms with van der Waals surface area (Å²) >= 11 is 0. The Hall–Kier alpha value is -2.11. The predicted octanol–water partition coefficient (Wildman–Crippen LogP) is 2.65. The molecule has 138 valence electrons. The first-order chi connectivity index (χ1) is 11.7. The van der Waals surface area contributed by atoms with Crippen LogP contribution in [0.3, 0.4) is 0 Å². The Morgan fingerprint density at radius 3 is 2.36 bits per heavy atom. The molecule has 1 aliphatic rings. The highest BCUT2D eigenvalue weighted by molar-refractivity contribution is 6.06. The highest BCUT2D eigenvalue weighted by atomic mass is 16.5. The van der Waals surface area contributed by atoms with E-state index in [1.54, 1.807) is 44.3 Å². The maximum atomic E-state index is 13.0. The van der Waals surface area contributed by atoms with Crippen molar-refractivity contribution >= 4 is 17.7 Å². The molecule has 25 heavy (non-hydrogen) atoms. The molecule has 0 aliphatic heterocycles. The van der Waals surface area contributed by atoms with Gasteiger partial charge in [0, 0.05) is 31.3 Å². The van der Waals surface area contributed by atoms with Crippen LogP contribution in [0.25, 0.3) is 0 Å². The average Bonchev–Trinajstić information content (AvgIpc) is 2.73. The van der Waals surface area contributed by atoms with Gasteiger partial charge < -0.3 is 14.2 Å². The van der Waals surface area contributed by atoms with Crippen LogP contribution in [0, 0.1) is 19.8 Å². The SMILES string of the molecule is CCOC(=O)c1c(C)c(C(=O)C(C)N(C)C(=O)C2CCC2)c(C)n1C. The molecule has 1 aliphatic carbocycles. The van der Waals surface area contributed by atoms with Crippen molar-refractivity contribution in [1.82, 2.24) is 9.47 Å². The Kier molecular flexibility index (Phi) is 5.70. The number of likely N-dealkylation sites (N-methyl/N-ethyl adjacent to an activating group) is 1. The largest absolute Gasteiger partial charge is 0.461 e. The molecule has 0 radical (unpaired) electrons. The van der Waals surface area contributed by atoms with Crippen molar-refractivity contribution in [2.24, 2.45) is 13.0 Å². The fourth-order valence-corrected chi connectivity index (χ4v) is 3.35. The second-order valence-electron chi connectivity index (χ2n) is 6.83. The summed E-state index contributed by atoms with van der Waals surface area (Å²) in [7, 11) is 3.43. The minimum atomic E-state index is -0.567. The van der Waals surface area contributed by atoms with E-state index in [9.17, 15) is 14.4 Å². The summed E-state index contributed by atoms with van der Waals surface area (Å²) in [4.78, 5) is 39.2. The Balaban J connectivity index is 2.30. The van der Waals surface area contributed by atoms with E-state index >= 15 is 0 Å². The normalized spacial score (nSPS) is 15.4. The average molecular weight is 348 g/mol. The number of hydrogen-bond donors (Lipinski definition) is 0. The molecule has 6 heteroatoms. The van der Waals surface area contributed by atoms with E-state index in [1.807, 2.05) is 6.92 Å². The smallest absolute Gasteiger partial charge is 0.355 e. The number of carbonyl (C=O) groups is 3. The van der Waals surface area contributed by atoms with Crippen LogP contribution in [0.15, 0.2) is 0 Å². The Morgan fingerprint density at radius 2 is 1.88 bits per heavy atom. The Morgan fingerprint density at radius 1 is 1.28 bits per heavy atom. The fraction of sp³-hybridized carbons (Fsp3) is 0.632. The number of amides is 1. The van der Waals surface area contributed by atoms with Gasteiger partial charge in [0.15, 0.2) is 5.78 Å². The number of Topliss-reactive ketones (excluding diaryl/α,β-unsaturated/α-hetero) is 1. The molecule has 1 aromatic rings. The lowest BCUT2D eigenvalue weighted by Crippen LogP contribution is -2.45. The highest BCUT2D eigenvalue weighted by Crippen LogP contribution is 2.29. The molecule has 6 nitrogen and oxygen atoms in total. The minimum Gasteiger partial charge on any atom is -0.461 e. The summed E-state index contributed by atoms with van der Waals surface area (Å²) in [6.45, 7) is 7.34. The molecule has 0 saturated heterocycles. The third-order valence-corrected chi connectivity index (χ3v) is 5.41. The van der Waals surface area contributed by atoms with Crippen LogP contribution in [-0.2, 0) is 16.6 Å². The van der Waals surface area contributed by atoms with Crippen LogP contribution in [0.1, 0.15) is 65.2 Å². The molecule has 0 spiro atoms. The monoisotopic (exact) mass is 348 g/mol. The molecule has 0 aromatic carbocycles. The molecule has 0 N–H and O–H groups in total. The van der Waals surface area contributed by atoms with E-state index in [0.717, 1.165) is 19.3 Å². The number of ether oxygens (including phenoxy) is 1. The number of rotatable bonds is 6. The quantitative estimate of drug-likeness (QED) is 0.585. The zero-order valence-electron chi connectivity index (χ0n) is 16.0. The van der Waals surface area contributed by atoms with Crippen molar-refractivity contribution < 1.29 is 19.1 Å². The van der Waals surface area contributed by atoms with Gasteiger partial charge in [0.2, 0.25) is 5.91 Å². The van der Waals surface area contributed by atoms with E-state index in [2.05, 4.69) is 0 Å².